The van der Waals surface area contributed by atoms with E-state index in [1.807, 2.05) is 30.3 Å². The summed E-state index contributed by atoms with van der Waals surface area (Å²) in [5, 5.41) is 7.55. The van der Waals surface area contributed by atoms with Gasteiger partial charge in [-0.2, -0.15) is 0 Å². The Bertz CT molecular complexity index is 1340. The summed E-state index contributed by atoms with van der Waals surface area (Å²) in [4.78, 5) is 33.3. The van der Waals surface area contributed by atoms with Crippen molar-refractivity contribution in [2.75, 3.05) is 13.1 Å². The van der Waals surface area contributed by atoms with Crippen molar-refractivity contribution in [2.24, 2.45) is 18.7 Å². The summed E-state index contributed by atoms with van der Waals surface area (Å²) in [6.07, 6.45) is 4.37. The molecule has 1 saturated heterocycles. The van der Waals surface area contributed by atoms with E-state index in [0.717, 1.165) is 54.5 Å². The molecular weight excluding hydrogens is 426 g/mol. The molecule has 1 unspecified atom stereocenters. The van der Waals surface area contributed by atoms with E-state index in [9.17, 15) is 9.59 Å². The number of likely N-dealkylation sites (tertiary alicyclic amines) is 1. The summed E-state index contributed by atoms with van der Waals surface area (Å²) in [5.74, 6) is 0.809. The minimum absolute atomic E-state index is 0.0152. The molecule has 2 fully saturated rings. The maximum absolute atomic E-state index is 13.5. The topological polar surface area (TPSA) is 105 Å². The number of hydrogen-bond acceptors (Lipinski definition) is 4. The van der Waals surface area contributed by atoms with Gasteiger partial charge in [-0.05, 0) is 54.9 Å². The van der Waals surface area contributed by atoms with Crippen LogP contribution in [0.1, 0.15) is 55.0 Å². The van der Waals surface area contributed by atoms with Crippen molar-refractivity contribution in [2.45, 2.75) is 44.4 Å². The van der Waals surface area contributed by atoms with Crippen molar-refractivity contribution >= 4 is 22.8 Å². The maximum atomic E-state index is 13.5. The second-order valence-corrected chi connectivity index (χ2v) is 9.99. The number of nitrogen functional groups attached to an aromatic ring is 1. The molecule has 1 aromatic heterocycles. The fourth-order valence-corrected chi connectivity index (χ4v) is 5.23. The number of benzene rings is 2. The van der Waals surface area contributed by atoms with Crippen LogP contribution in [-0.4, -0.2) is 39.3 Å². The number of carbonyl (C=O) groups excluding carboxylic acids is 1. The Morgan fingerprint density at radius 3 is 2.59 bits per heavy atom. The number of amides is 1. The molecule has 0 bridgehead atoms. The molecule has 2 aliphatic rings. The minimum Gasteiger partial charge on any atom is -0.384 e. The lowest BCUT2D eigenvalue weighted by atomic mass is 9.91. The number of nitrogens with two attached hydrogens (primary N) is 1. The highest BCUT2D eigenvalue weighted by Crippen LogP contribution is 2.50. The predicted molar refractivity (Wildman–Crippen MR) is 133 cm³/mol. The van der Waals surface area contributed by atoms with Gasteiger partial charge in [-0.1, -0.05) is 37.3 Å². The summed E-state index contributed by atoms with van der Waals surface area (Å²) in [7, 11) is 1.77. The van der Waals surface area contributed by atoms with E-state index in [1.54, 1.807) is 23.7 Å². The molecule has 1 atom stereocenters. The second kappa shape index (κ2) is 8.38. The van der Waals surface area contributed by atoms with Crippen molar-refractivity contribution < 1.29 is 4.79 Å². The SMILES string of the molecule is CC1CCCN(C(=O)C2(c3ccc4c(c3)nc(Cc3ccc(C(=N)N)cc3)c(=O)n4C)CC2)C1. The Balaban J connectivity index is 1.48. The van der Waals surface area contributed by atoms with Gasteiger partial charge in [0.25, 0.3) is 5.56 Å². The van der Waals surface area contributed by atoms with Crippen LogP contribution in [0.3, 0.4) is 0 Å². The van der Waals surface area contributed by atoms with E-state index in [2.05, 4.69) is 11.8 Å². The largest absolute Gasteiger partial charge is 0.384 e. The number of aryl methyl sites for hydroxylation is 1. The monoisotopic (exact) mass is 457 g/mol. The molecule has 0 spiro atoms. The third kappa shape index (κ3) is 3.89. The Morgan fingerprint density at radius 1 is 1.21 bits per heavy atom. The first-order chi connectivity index (χ1) is 16.3. The summed E-state index contributed by atoms with van der Waals surface area (Å²) in [6, 6.07) is 13.2. The predicted octanol–water partition coefficient (Wildman–Crippen LogP) is 3.10. The van der Waals surface area contributed by atoms with Gasteiger partial charge in [0.15, 0.2) is 0 Å². The molecule has 1 aliphatic carbocycles. The number of nitrogens with one attached hydrogen (secondary N) is 1. The molecule has 5 rings (SSSR count). The number of hydrogen-bond donors (Lipinski definition) is 2. The Hall–Kier alpha value is -3.48. The van der Waals surface area contributed by atoms with Gasteiger partial charge in [0.05, 0.1) is 16.4 Å². The minimum atomic E-state index is -0.440. The highest BCUT2D eigenvalue weighted by Gasteiger charge is 2.53. The van der Waals surface area contributed by atoms with Crippen molar-refractivity contribution in [3.63, 3.8) is 0 Å². The van der Waals surface area contributed by atoms with Gasteiger partial charge in [0, 0.05) is 32.1 Å². The van der Waals surface area contributed by atoms with E-state index >= 15 is 0 Å². The Morgan fingerprint density at radius 2 is 1.94 bits per heavy atom. The summed E-state index contributed by atoms with van der Waals surface area (Å²) >= 11 is 0. The van der Waals surface area contributed by atoms with Crippen LogP contribution in [0.4, 0.5) is 0 Å². The molecule has 0 radical (unpaired) electrons. The van der Waals surface area contributed by atoms with Crippen LogP contribution in [0.25, 0.3) is 11.0 Å². The first kappa shape index (κ1) is 22.3. The van der Waals surface area contributed by atoms with Gasteiger partial charge < -0.3 is 15.2 Å². The zero-order valence-electron chi connectivity index (χ0n) is 19.8. The molecule has 3 aromatic rings. The molecule has 7 heteroatoms. The smallest absolute Gasteiger partial charge is 0.272 e. The number of piperidine rings is 1. The van der Waals surface area contributed by atoms with Crippen molar-refractivity contribution in [3.05, 3.63) is 75.2 Å². The van der Waals surface area contributed by atoms with Gasteiger partial charge in [-0.3, -0.25) is 15.0 Å². The van der Waals surface area contributed by atoms with Crippen LogP contribution in [0, 0.1) is 11.3 Å². The maximum Gasteiger partial charge on any atom is 0.272 e. The highest BCUT2D eigenvalue weighted by atomic mass is 16.2. The van der Waals surface area contributed by atoms with Gasteiger partial charge >= 0.3 is 0 Å². The fourth-order valence-electron chi connectivity index (χ4n) is 5.23. The summed E-state index contributed by atoms with van der Waals surface area (Å²) < 4.78 is 1.64. The Kier molecular flexibility index (Phi) is 5.50. The second-order valence-electron chi connectivity index (χ2n) is 9.99. The molecular formula is C27H31N5O2. The lowest BCUT2D eigenvalue weighted by Crippen LogP contribution is -2.44. The number of rotatable bonds is 5. The van der Waals surface area contributed by atoms with Gasteiger partial charge in [0.1, 0.15) is 11.5 Å². The van der Waals surface area contributed by atoms with E-state index in [4.69, 9.17) is 16.1 Å². The van der Waals surface area contributed by atoms with Crippen LogP contribution < -0.4 is 11.3 Å². The third-order valence-electron chi connectivity index (χ3n) is 7.44. The molecule has 176 valence electrons. The molecule has 1 aliphatic heterocycles. The molecule has 2 aromatic carbocycles. The lowest BCUT2D eigenvalue weighted by Gasteiger charge is -2.34. The van der Waals surface area contributed by atoms with Crippen LogP contribution in [0.5, 0.6) is 0 Å². The van der Waals surface area contributed by atoms with Gasteiger partial charge in [-0.25, -0.2) is 4.98 Å². The average Bonchev–Trinajstić information content (AvgIpc) is 3.64. The Labute approximate surface area is 199 Å². The average molecular weight is 458 g/mol. The molecule has 7 nitrogen and oxygen atoms in total. The van der Waals surface area contributed by atoms with Crippen molar-refractivity contribution in [1.29, 1.82) is 5.41 Å². The molecule has 2 heterocycles. The first-order valence-electron chi connectivity index (χ1n) is 12.0. The first-order valence-corrected chi connectivity index (χ1v) is 12.0. The van der Waals surface area contributed by atoms with Gasteiger partial charge in [-0.15, -0.1) is 0 Å². The number of aromatic nitrogens is 2. The summed E-state index contributed by atoms with van der Waals surface area (Å²) in [5.41, 5.74) is 9.52. The quantitative estimate of drug-likeness (QED) is 0.454. The number of fused-ring (bicyclic) bond motifs is 1. The standard InChI is InChI=1S/C27H31N5O2/c1-17-4-3-13-32(16-17)26(34)27(11-12-27)20-9-10-23-21(15-20)30-22(25(33)31(23)2)14-18-5-7-19(8-6-18)24(28)29/h5-10,15,17H,3-4,11-14,16H2,1-2H3,(H3,28,29). The van der Waals surface area contributed by atoms with Crippen LogP contribution in [0.15, 0.2) is 47.3 Å². The van der Waals surface area contributed by atoms with Crippen molar-refractivity contribution in [3.8, 4) is 0 Å². The fraction of sp³-hybridized carbons (Fsp3) is 0.407. The number of nitrogens with zero attached hydrogens (tertiary/aromatic N) is 3. The van der Waals surface area contributed by atoms with E-state index in [-0.39, 0.29) is 17.3 Å². The van der Waals surface area contributed by atoms with E-state index < -0.39 is 5.41 Å². The lowest BCUT2D eigenvalue weighted by molar-refractivity contribution is -0.135. The number of amidine groups is 1. The van der Waals surface area contributed by atoms with Crippen molar-refractivity contribution in [1.82, 2.24) is 14.5 Å². The summed E-state index contributed by atoms with van der Waals surface area (Å²) in [6.45, 7) is 3.90. The van der Waals surface area contributed by atoms with E-state index in [0.29, 0.717) is 23.6 Å². The highest BCUT2D eigenvalue weighted by molar-refractivity contribution is 5.95. The van der Waals surface area contributed by atoms with Crippen LogP contribution >= 0.6 is 0 Å². The van der Waals surface area contributed by atoms with E-state index in [1.165, 1.54) is 6.42 Å². The molecule has 3 N–H and O–H groups in total. The van der Waals surface area contributed by atoms with Gasteiger partial charge in [0.2, 0.25) is 5.91 Å². The normalized spacial score (nSPS) is 19.2. The van der Waals surface area contributed by atoms with Crippen LogP contribution in [0.2, 0.25) is 0 Å². The third-order valence-corrected chi connectivity index (χ3v) is 7.44. The molecule has 34 heavy (non-hydrogen) atoms. The zero-order valence-corrected chi connectivity index (χ0v) is 19.8. The number of carbonyl (C=O) groups is 1. The molecule has 1 saturated carbocycles. The van der Waals surface area contributed by atoms with Crippen LogP contribution in [-0.2, 0) is 23.7 Å². The zero-order chi connectivity index (χ0) is 24.0. The molecule has 1 amide bonds.